The second kappa shape index (κ2) is 7.64. The van der Waals surface area contributed by atoms with Crippen LogP contribution in [0.2, 0.25) is 0 Å². The van der Waals surface area contributed by atoms with E-state index < -0.39 is 29.6 Å². The number of ether oxygens (including phenoxy) is 1. The fraction of sp³-hybridized carbons (Fsp3) is 0.300. The van der Waals surface area contributed by atoms with Crippen LogP contribution in [0.3, 0.4) is 0 Å². The van der Waals surface area contributed by atoms with Crippen molar-refractivity contribution < 1.29 is 23.1 Å². The third-order valence-corrected chi connectivity index (χ3v) is 4.38. The molecule has 6 heteroatoms. The molecule has 1 aliphatic carbocycles. The van der Waals surface area contributed by atoms with Crippen molar-refractivity contribution in [3.05, 3.63) is 64.7 Å². The van der Waals surface area contributed by atoms with Crippen LogP contribution in [0.4, 0.5) is 14.5 Å². The number of rotatable bonds is 5. The van der Waals surface area contributed by atoms with Gasteiger partial charge in [0, 0.05) is 11.8 Å². The summed E-state index contributed by atoms with van der Waals surface area (Å²) >= 11 is 0. The first-order chi connectivity index (χ1) is 12.4. The lowest BCUT2D eigenvalue weighted by molar-refractivity contribution is -0.152. The van der Waals surface area contributed by atoms with Crippen molar-refractivity contribution in [2.45, 2.75) is 38.7 Å². The summed E-state index contributed by atoms with van der Waals surface area (Å²) in [7, 11) is 0. The summed E-state index contributed by atoms with van der Waals surface area (Å²) in [5.41, 5.74) is 3.53. The number of anilines is 1. The third-order valence-electron chi connectivity index (χ3n) is 4.38. The number of carbonyl (C=O) groups excluding carboxylic acids is 2. The quantitative estimate of drug-likeness (QED) is 0.831. The average molecular weight is 359 g/mol. The molecule has 0 saturated carbocycles. The van der Waals surface area contributed by atoms with Crippen LogP contribution in [-0.2, 0) is 33.6 Å². The van der Waals surface area contributed by atoms with Crippen molar-refractivity contribution >= 4 is 17.6 Å². The van der Waals surface area contributed by atoms with Crippen molar-refractivity contribution in [3.63, 3.8) is 0 Å². The Morgan fingerprint density at radius 2 is 1.85 bits per heavy atom. The minimum absolute atomic E-state index is 0.0794. The zero-order chi connectivity index (χ0) is 18.7. The van der Waals surface area contributed by atoms with Gasteiger partial charge in [0.2, 0.25) is 0 Å². The molecule has 0 aliphatic heterocycles. The molecule has 3 rings (SSSR count). The molecule has 2 aromatic carbocycles. The molecule has 0 heterocycles. The highest BCUT2D eigenvalue weighted by molar-refractivity contribution is 5.95. The molecule has 0 radical (unpaired) electrons. The lowest BCUT2D eigenvalue weighted by Crippen LogP contribution is -2.30. The largest absolute Gasteiger partial charge is 0.452 e. The number of esters is 1. The number of aryl methyl sites for hydroxylation is 2. The molecule has 0 unspecified atom stereocenters. The lowest BCUT2D eigenvalue weighted by atomic mass is 10.0. The normalized spacial score (nSPS) is 13.8. The van der Waals surface area contributed by atoms with Gasteiger partial charge in [0.1, 0.15) is 0 Å². The van der Waals surface area contributed by atoms with E-state index in [2.05, 4.69) is 5.32 Å². The maximum Gasteiger partial charge on any atom is 0.311 e. The Morgan fingerprint density at radius 1 is 1.08 bits per heavy atom. The summed E-state index contributed by atoms with van der Waals surface area (Å²) in [5.74, 6) is -3.20. The molecule has 136 valence electrons. The van der Waals surface area contributed by atoms with Gasteiger partial charge in [-0.2, -0.15) is 0 Å². The number of benzene rings is 2. The van der Waals surface area contributed by atoms with Gasteiger partial charge < -0.3 is 10.1 Å². The number of halogens is 2. The lowest BCUT2D eigenvalue weighted by Gasteiger charge is -2.14. The van der Waals surface area contributed by atoms with Crippen LogP contribution in [0.1, 0.15) is 30.0 Å². The van der Waals surface area contributed by atoms with Crippen LogP contribution in [-0.4, -0.2) is 18.0 Å². The smallest absolute Gasteiger partial charge is 0.311 e. The van der Waals surface area contributed by atoms with Gasteiger partial charge >= 0.3 is 5.97 Å². The first-order valence-electron chi connectivity index (χ1n) is 8.48. The Bertz CT molecular complexity index is 851. The number of fused-ring (bicyclic) bond motifs is 1. The number of hydrogen-bond donors (Lipinski definition) is 1. The first-order valence-corrected chi connectivity index (χ1v) is 8.48. The number of amides is 1. The first kappa shape index (κ1) is 18.0. The summed E-state index contributed by atoms with van der Waals surface area (Å²) in [5, 5.41) is 2.39. The van der Waals surface area contributed by atoms with Gasteiger partial charge in [-0.15, -0.1) is 0 Å². The molecule has 0 bridgehead atoms. The van der Waals surface area contributed by atoms with Crippen molar-refractivity contribution in [3.8, 4) is 0 Å². The van der Waals surface area contributed by atoms with Gasteiger partial charge in [0.25, 0.3) is 5.91 Å². The van der Waals surface area contributed by atoms with Crippen molar-refractivity contribution in [2.24, 2.45) is 0 Å². The zero-order valence-electron chi connectivity index (χ0n) is 14.4. The van der Waals surface area contributed by atoms with E-state index >= 15 is 0 Å². The van der Waals surface area contributed by atoms with Crippen LogP contribution in [0.25, 0.3) is 0 Å². The van der Waals surface area contributed by atoms with E-state index in [-0.39, 0.29) is 12.1 Å². The fourth-order valence-electron chi connectivity index (χ4n) is 3.01. The summed E-state index contributed by atoms with van der Waals surface area (Å²) in [6.45, 7) is 1.43. The minimum Gasteiger partial charge on any atom is -0.452 e. The Morgan fingerprint density at radius 3 is 2.62 bits per heavy atom. The highest BCUT2D eigenvalue weighted by atomic mass is 19.2. The topological polar surface area (TPSA) is 55.4 Å². The molecular weight excluding hydrogens is 340 g/mol. The molecule has 1 atom stereocenters. The van der Waals surface area contributed by atoms with Crippen LogP contribution in [0.5, 0.6) is 0 Å². The highest BCUT2D eigenvalue weighted by Crippen LogP contribution is 2.23. The molecule has 1 N–H and O–H groups in total. The average Bonchev–Trinajstić information content (AvgIpc) is 3.05. The molecule has 26 heavy (non-hydrogen) atoms. The van der Waals surface area contributed by atoms with Gasteiger partial charge in [-0.25, -0.2) is 8.78 Å². The molecule has 0 fully saturated rings. The summed E-state index contributed by atoms with van der Waals surface area (Å²) in [6.07, 6.45) is 2.25. The van der Waals surface area contributed by atoms with E-state index in [1.54, 1.807) is 0 Å². The monoisotopic (exact) mass is 359 g/mol. The molecule has 0 aromatic heterocycles. The third kappa shape index (κ3) is 4.25. The van der Waals surface area contributed by atoms with E-state index in [1.165, 1.54) is 24.1 Å². The summed E-state index contributed by atoms with van der Waals surface area (Å²) in [4.78, 5) is 24.1. The molecule has 0 saturated heterocycles. The predicted molar refractivity (Wildman–Crippen MR) is 92.7 cm³/mol. The number of carbonyl (C=O) groups is 2. The Kier molecular flexibility index (Phi) is 5.30. The molecule has 2 aromatic rings. The van der Waals surface area contributed by atoms with Crippen LogP contribution >= 0.6 is 0 Å². The second-order valence-electron chi connectivity index (χ2n) is 6.38. The van der Waals surface area contributed by atoms with E-state index in [1.807, 2.05) is 18.2 Å². The summed E-state index contributed by atoms with van der Waals surface area (Å²) in [6, 6.07) is 8.95. The van der Waals surface area contributed by atoms with E-state index in [0.29, 0.717) is 0 Å². The summed E-state index contributed by atoms with van der Waals surface area (Å²) < 4.78 is 31.2. The van der Waals surface area contributed by atoms with Gasteiger partial charge in [-0.05, 0) is 55.0 Å². The van der Waals surface area contributed by atoms with Crippen LogP contribution < -0.4 is 5.32 Å². The molecular formula is C20H19F2NO3. The molecule has 1 amide bonds. The van der Waals surface area contributed by atoms with E-state index in [0.717, 1.165) is 37.0 Å². The predicted octanol–water partition coefficient (Wildman–Crippen LogP) is 3.57. The second-order valence-corrected chi connectivity index (χ2v) is 6.38. The molecule has 0 spiro atoms. The number of hydrogen-bond acceptors (Lipinski definition) is 3. The maximum atomic E-state index is 13.2. The van der Waals surface area contributed by atoms with Crippen LogP contribution in [0.15, 0.2) is 36.4 Å². The SMILES string of the molecule is C[C@H](OC(=O)Cc1ccc2c(c1)CCC2)C(=O)Nc1ccc(F)c(F)c1. The maximum absolute atomic E-state index is 13.2. The standard InChI is InChI=1S/C20H19F2NO3/c1-12(20(25)23-16-7-8-17(21)18(22)11-16)26-19(24)10-13-5-6-14-3-2-4-15(14)9-13/h5-9,11-12H,2-4,10H2,1H3,(H,23,25)/t12-/m0/s1. The Labute approximate surface area is 150 Å². The highest BCUT2D eigenvalue weighted by Gasteiger charge is 2.19. The van der Waals surface area contributed by atoms with Gasteiger partial charge in [0.05, 0.1) is 6.42 Å². The van der Waals surface area contributed by atoms with Crippen molar-refractivity contribution in [1.29, 1.82) is 0 Å². The van der Waals surface area contributed by atoms with E-state index in [9.17, 15) is 18.4 Å². The van der Waals surface area contributed by atoms with Gasteiger partial charge in [-0.3, -0.25) is 9.59 Å². The fourth-order valence-corrected chi connectivity index (χ4v) is 3.01. The van der Waals surface area contributed by atoms with E-state index in [4.69, 9.17) is 4.74 Å². The van der Waals surface area contributed by atoms with Crippen molar-refractivity contribution in [1.82, 2.24) is 0 Å². The Hall–Kier alpha value is -2.76. The molecule has 1 aliphatic rings. The minimum atomic E-state index is -1.07. The van der Waals surface area contributed by atoms with Crippen LogP contribution in [0, 0.1) is 11.6 Å². The van der Waals surface area contributed by atoms with Gasteiger partial charge in [0.15, 0.2) is 17.7 Å². The van der Waals surface area contributed by atoms with Gasteiger partial charge in [-0.1, -0.05) is 18.2 Å². The van der Waals surface area contributed by atoms with Crippen molar-refractivity contribution in [2.75, 3.05) is 5.32 Å². The zero-order valence-corrected chi connectivity index (χ0v) is 14.4. The molecule has 4 nitrogen and oxygen atoms in total. The Balaban J connectivity index is 1.54. The number of nitrogens with one attached hydrogen (secondary N) is 1.